The zero-order valence-corrected chi connectivity index (χ0v) is 9.38. The Morgan fingerprint density at radius 3 is 2.08 bits per heavy atom. The molecule has 2 unspecified atom stereocenters. The molecule has 0 heterocycles. The predicted octanol–water partition coefficient (Wildman–Crippen LogP) is 2.33. The summed E-state index contributed by atoms with van der Waals surface area (Å²) in [7, 11) is 0. The fourth-order valence-electron chi connectivity index (χ4n) is 1.51. The highest BCUT2D eigenvalue weighted by molar-refractivity contribution is 4.80. The van der Waals surface area contributed by atoms with Crippen LogP contribution in [-0.4, -0.2) is 21.9 Å². The first-order valence-corrected chi connectivity index (χ1v) is 5.35. The molecule has 0 aromatic rings. The maximum atomic E-state index is 10.1. The molecule has 0 aliphatic carbocycles. The van der Waals surface area contributed by atoms with Crippen molar-refractivity contribution in [3.63, 3.8) is 0 Å². The Labute approximate surface area is 82.0 Å². The first kappa shape index (κ1) is 12.9. The molecule has 80 valence electrons. The zero-order valence-electron chi connectivity index (χ0n) is 9.38. The van der Waals surface area contributed by atoms with Gasteiger partial charge >= 0.3 is 0 Å². The van der Waals surface area contributed by atoms with E-state index in [0.29, 0.717) is 6.42 Å². The Balaban J connectivity index is 4.09. The van der Waals surface area contributed by atoms with Crippen molar-refractivity contribution in [1.29, 1.82) is 0 Å². The van der Waals surface area contributed by atoms with Gasteiger partial charge in [-0.05, 0) is 18.8 Å². The standard InChI is InChI=1S/C11H24O2/c1-5-7-11(13,6-2)8-10(12)9(3)4/h9-10,12-13H,5-8H2,1-4H3. The monoisotopic (exact) mass is 188 g/mol. The van der Waals surface area contributed by atoms with Gasteiger partial charge in [-0.2, -0.15) is 0 Å². The van der Waals surface area contributed by atoms with Crippen molar-refractivity contribution < 1.29 is 10.2 Å². The first-order chi connectivity index (χ1) is 5.95. The van der Waals surface area contributed by atoms with E-state index in [-0.39, 0.29) is 12.0 Å². The Hall–Kier alpha value is -0.0800. The third-order valence-electron chi connectivity index (χ3n) is 2.73. The number of hydrogen-bond acceptors (Lipinski definition) is 2. The van der Waals surface area contributed by atoms with Crippen molar-refractivity contribution in [2.24, 2.45) is 5.92 Å². The van der Waals surface area contributed by atoms with Gasteiger partial charge in [0.05, 0.1) is 11.7 Å². The Morgan fingerprint density at radius 2 is 1.77 bits per heavy atom. The van der Waals surface area contributed by atoms with Gasteiger partial charge in [0.1, 0.15) is 0 Å². The van der Waals surface area contributed by atoms with Crippen molar-refractivity contribution in [3.05, 3.63) is 0 Å². The van der Waals surface area contributed by atoms with E-state index in [1.807, 2.05) is 20.8 Å². The minimum Gasteiger partial charge on any atom is -0.393 e. The molecule has 0 aliphatic rings. The summed E-state index contributed by atoms with van der Waals surface area (Å²) in [5.74, 6) is 0.231. The predicted molar refractivity (Wildman–Crippen MR) is 55.6 cm³/mol. The van der Waals surface area contributed by atoms with Crippen molar-refractivity contribution in [2.75, 3.05) is 0 Å². The average Bonchev–Trinajstić information content (AvgIpc) is 2.04. The van der Waals surface area contributed by atoms with E-state index in [2.05, 4.69) is 6.92 Å². The molecule has 0 spiro atoms. The summed E-state index contributed by atoms with van der Waals surface area (Å²) in [5, 5.41) is 19.7. The molecule has 0 rings (SSSR count). The minimum absolute atomic E-state index is 0.231. The molecule has 13 heavy (non-hydrogen) atoms. The quantitative estimate of drug-likeness (QED) is 0.671. The van der Waals surface area contributed by atoms with Crippen LogP contribution in [0.5, 0.6) is 0 Å². The molecule has 0 aliphatic heterocycles. The second-order valence-electron chi connectivity index (χ2n) is 4.34. The Bertz CT molecular complexity index is 134. The van der Waals surface area contributed by atoms with Gasteiger partial charge in [0.2, 0.25) is 0 Å². The maximum Gasteiger partial charge on any atom is 0.0669 e. The molecule has 0 bridgehead atoms. The van der Waals surface area contributed by atoms with Crippen LogP contribution in [0.3, 0.4) is 0 Å². The smallest absolute Gasteiger partial charge is 0.0669 e. The van der Waals surface area contributed by atoms with Gasteiger partial charge in [0.25, 0.3) is 0 Å². The van der Waals surface area contributed by atoms with Gasteiger partial charge in [-0.25, -0.2) is 0 Å². The molecule has 0 aromatic heterocycles. The lowest BCUT2D eigenvalue weighted by Crippen LogP contribution is -2.34. The topological polar surface area (TPSA) is 40.5 Å². The second-order valence-corrected chi connectivity index (χ2v) is 4.34. The number of aliphatic hydroxyl groups is 2. The van der Waals surface area contributed by atoms with E-state index < -0.39 is 5.60 Å². The van der Waals surface area contributed by atoms with Gasteiger partial charge in [-0.3, -0.25) is 0 Å². The van der Waals surface area contributed by atoms with Crippen LogP contribution in [0.1, 0.15) is 53.4 Å². The van der Waals surface area contributed by atoms with Crippen LogP contribution in [0.25, 0.3) is 0 Å². The molecule has 0 amide bonds. The van der Waals surface area contributed by atoms with Crippen molar-refractivity contribution in [2.45, 2.75) is 65.1 Å². The van der Waals surface area contributed by atoms with Crippen molar-refractivity contribution in [3.8, 4) is 0 Å². The Morgan fingerprint density at radius 1 is 1.23 bits per heavy atom. The van der Waals surface area contributed by atoms with Crippen LogP contribution in [0.2, 0.25) is 0 Å². The maximum absolute atomic E-state index is 10.1. The first-order valence-electron chi connectivity index (χ1n) is 5.35. The lowest BCUT2D eigenvalue weighted by Gasteiger charge is -2.30. The zero-order chi connectivity index (χ0) is 10.5. The summed E-state index contributed by atoms with van der Waals surface area (Å²) >= 11 is 0. The highest BCUT2D eigenvalue weighted by Gasteiger charge is 2.27. The number of aliphatic hydroxyl groups excluding tert-OH is 1. The highest BCUT2D eigenvalue weighted by atomic mass is 16.3. The van der Waals surface area contributed by atoms with Crippen LogP contribution in [0.4, 0.5) is 0 Å². The summed E-state index contributed by atoms with van der Waals surface area (Å²) in [4.78, 5) is 0. The van der Waals surface area contributed by atoms with Gasteiger partial charge in [0, 0.05) is 6.42 Å². The van der Waals surface area contributed by atoms with E-state index in [1.165, 1.54) is 0 Å². The van der Waals surface area contributed by atoms with E-state index in [9.17, 15) is 10.2 Å². The molecular weight excluding hydrogens is 164 g/mol. The molecule has 0 saturated heterocycles. The fourth-order valence-corrected chi connectivity index (χ4v) is 1.51. The van der Waals surface area contributed by atoms with Crippen molar-refractivity contribution in [1.82, 2.24) is 0 Å². The van der Waals surface area contributed by atoms with Crippen LogP contribution in [0, 0.1) is 5.92 Å². The molecule has 0 aromatic carbocycles. The number of hydrogen-bond donors (Lipinski definition) is 2. The number of rotatable bonds is 6. The lowest BCUT2D eigenvalue weighted by atomic mass is 9.86. The van der Waals surface area contributed by atoms with E-state index >= 15 is 0 Å². The largest absolute Gasteiger partial charge is 0.393 e. The van der Waals surface area contributed by atoms with Gasteiger partial charge in [0.15, 0.2) is 0 Å². The van der Waals surface area contributed by atoms with E-state index in [0.717, 1.165) is 19.3 Å². The molecule has 0 radical (unpaired) electrons. The molecule has 2 atom stereocenters. The van der Waals surface area contributed by atoms with Crippen molar-refractivity contribution >= 4 is 0 Å². The van der Waals surface area contributed by atoms with Crippen LogP contribution < -0.4 is 0 Å². The SMILES string of the molecule is CCCC(O)(CC)CC(O)C(C)C. The molecule has 2 heteroatoms. The van der Waals surface area contributed by atoms with Gasteiger partial charge < -0.3 is 10.2 Å². The van der Waals surface area contributed by atoms with Gasteiger partial charge in [-0.15, -0.1) is 0 Å². The van der Waals surface area contributed by atoms with Crippen LogP contribution in [0.15, 0.2) is 0 Å². The summed E-state index contributed by atoms with van der Waals surface area (Å²) < 4.78 is 0. The average molecular weight is 188 g/mol. The third kappa shape index (κ3) is 4.63. The molecule has 0 fully saturated rings. The molecule has 2 N–H and O–H groups in total. The third-order valence-corrected chi connectivity index (χ3v) is 2.73. The minimum atomic E-state index is -0.654. The summed E-state index contributed by atoms with van der Waals surface area (Å²) in [5.41, 5.74) is -0.654. The summed E-state index contributed by atoms with van der Waals surface area (Å²) in [6.45, 7) is 7.99. The second kappa shape index (κ2) is 5.61. The lowest BCUT2D eigenvalue weighted by molar-refractivity contribution is -0.0324. The molecule has 0 saturated carbocycles. The normalized spacial score (nSPS) is 18.7. The summed E-state index contributed by atoms with van der Waals surface area (Å²) in [6, 6.07) is 0. The highest BCUT2D eigenvalue weighted by Crippen LogP contribution is 2.25. The summed E-state index contributed by atoms with van der Waals surface area (Å²) in [6.07, 6.45) is 2.61. The molecular formula is C11H24O2. The van der Waals surface area contributed by atoms with E-state index in [1.54, 1.807) is 0 Å². The van der Waals surface area contributed by atoms with E-state index in [4.69, 9.17) is 0 Å². The Kier molecular flexibility index (Phi) is 5.57. The van der Waals surface area contributed by atoms with Crippen LogP contribution >= 0.6 is 0 Å². The van der Waals surface area contributed by atoms with Gasteiger partial charge in [-0.1, -0.05) is 34.1 Å². The van der Waals surface area contributed by atoms with Crippen LogP contribution in [-0.2, 0) is 0 Å². The fraction of sp³-hybridized carbons (Fsp3) is 1.00. The molecule has 2 nitrogen and oxygen atoms in total.